The number of aromatic amines is 1. The number of rotatable bonds is 14. The number of nitrogens with one attached hydrogen (secondary N) is 3. The van der Waals surface area contributed by atoms with Gasteiger partial charge in [0.2, 0.25) is 5.95 Å². The predicted molar refractivity (Wildman–Crippen MR) is 222 cm³/mol. The first kappa shape index (κ1) is 39.6. The van der Waals surface area contributed by atoms with Gasteiger partial charge in [0.1, 0.15) is 23.3 Å². The van der Waals surface area contributed by atoms with Gasteiger partial charge in [-0.05, 0) is 71.1 Å². The van der Waals surface area contributed by atoms with E-state index in [2.05, 4.69) is 46.4 Å². The zero-order valence-electron chi connectivity index (χ0n) is 32.8. The van der Waals surface area contributed by atoms with Gasteiger partial charge in [-0.3, -0.25) is 18.9 Å². The molecular weight excluding hydrogens is 764 g/mol. The summed E-state index contributed by atoms with van der Waals surface area (Å²) in [5, 5.41) is 6.71. The molecule has 302 valence electrons. The van der Waals surface area contributed by atoms with Crippen LogP contribution >= 0.6 is 18.1 Å². The molecular formula is C42H51N6O7PS. The number of hydrogen-bond acceptors (Lipinski definition) is 11. The number of nitrogens with zero attached hydrogens (tertiary/aromatic N) is 3. The molecule has 2 aromatic heterocycles. The Bertz CT molecular complexity index is 2200. The quantitative estimate of drug-likeness (QED) is 0.0736. The SMILES string of the molecule is COc1ccc(C(OC[C@H]2O[C@@H](n3cnc4c(=O)[nH]c(NCC(C)C)nc43)C[C@@H]2NP2(=O)OCC3(CCCCC3)S2)(c2ccccc2)c2ccc(OC)cc2)cc1. The Morgan fingerprint density at radius 2 is 1.61 bits per heavy atom. The molecule has 0 amide bonds. The number of anilines is 1. The molecule has 8 rings (SSSR count). The third kappa shape index (κ3) is 8.13. The van der Waals surface area contributed by atoms with Crippen LogP contribution in [0.2, 0.25) is 0 Å². The molecule has 1 spiro atoms. The molecule has 1 aliphatic carbocycles. The van der Waals surface area contributed by atoms with Crippen LogP contribution in [-0.2, 0) is 24.2 Å². The Balaban J connectivity index is 1.17. The summed E-state index contributed by atoms with van der Waals surface area (Å²) in [6.07, 6.45) is 6.14. The van der Waals surface area contributed by atoms with Crippen molar-refractivity contribution in [3.63, 3.8) is 0 Å². The summed E-state index contributed by atoms with van der Waals surface area (Å²) in [6, 6.07) is 25.4. The minimum Gasteiger partial charge on any atom is -0.497 e. The monoisotopic (exact) mass is 814 g/mol. The van der Waals surface area contributed by atoms with E-state index in [1.54, 1.807) is 25.1 Å². The normalized spacial score (nSPS) is 23.4. The van der Waals surface area contributed by atoms with Crippen molar-refractivity contribution in [2.45, 2.75) is 81.1 Å². The lowest BCUT2D eigenvalue weighted by Gasteiger charge is -2.37. The van der Waals surface area contributed by atoms with Crippen LogP contribution in [0, 0.1) is 5.92 Å². The highest BCUT2D eigenvalue weighted by Gasteiger charge is 2.51. The number of imidazole rings is 1. The van der Waals surface area contributed by atoms with E-state index in [4.69, 9.17) is 28.5 Å². The van der Waals surface area contributed by atoms with E-state index in [1.165, 1.54) is 17.8 Å². The van der Waals surface area contributed by atoms with Crippen LogP contribution < -0.4 is 25.4 Å². The molecule has 3 fully saturated rings. The highest BCUT2D eigenvalue weighted by molar-refractivity contribution is 8.57. The summed E-state index contributed by atoms with van der Waals surface area (Å²) < 4.78 is 47.8. The lowest BCUT2D eigenvalue weighted by atomic mass is 9.80. The molecule has 57 heavy (non-hydrogen) atoms. The molecule has 15 heteroatoms. The van der Waals surface area contributed by atoms with Crippen molar-refractivity contribution in [1.29, 1.82) is 0 Å². The van der Waals surface area contributed by atoms with Crippen molar-refractivity contribution < 1.29 is 28.0 Å². The third-order valence-corrected chi connectivity index (χ3v) is 16.0. The fourth-order valence-electron chi connectivity index (χ4n) is 8.20. The van der Waals surface area contributed by atoms with Gasteiger partial charge >= 0.3 is 6.72 Å². The lowest BCUT2D eigenvalue weighted by molar-refractivity contribution is -0.0788. The second kappa shape index (κ2) is 16.6. The number of H-pyrrole nitrogens is 1. The maximum absolute atomic E-state index is 14.6. The van der Waals surface area contributed by atoms with Gasteiger partial charge in [0.15, 0.2) is 11.2 Å². The summed E-state index contributed by atoms with van der Waals surface area (Å²) in [7, 11) is 3.29. The van der Waals surface area contributed by atoms with E-state index < -0.39 is 30.7 Å². The van der Waals surface area contributed by atoms with Crippen LogP contribution in [0.1, 0.15) is 75.3 Å². The first-order valence-electron chi connectivity index (χ1n) is 19.7. The molecule has 0 bridgehead atoms. The molecule has 5 aromatic rings. The second-order valence-electron chi connectivity index (χ2n) is 15.5. The first-order valence-corrected chi connectivity index (χ1v) is 22.7. The first-order chi connectivity index (χ1) is 27.6. The van der Waals surface area contributed by atoms with Crippen LogP contribution in [-0.4, -0.2) is 70.4 Å². The Kier molecular flexibility index (Phi) is 11.5. The van der Waals surface area contributed by atoms with Crippen LogP contribution in [0.5, 0.6) is 11.5 Å². The molecule has 2 aliphatic heterocycles. The molecule has 3 aromatic carbocycles. The lowest BCUT2D eigenvalue weighted by Crippen LogP contribution is -2.41. The Labute approximate surface area is 336 Å². The largest absolute Gasteiger partial charge is 0.497 e. The number of fused-ring (bicyclic) bond motifs is 1. The molecule has 0 radical (unpaired) electrons. The molecule has 13 nitrogen and oxygen atoms in total. The highest BCUT2D eigenvalue weighted by atomic mass is 32.7. The number of ether oxygens (including phenoxy) is 4. The Morgan fingerprint density at radius 1 is 0.965 bits per heavy atom. The Hall–Kier alpha value is -4.17. The summed E-state index contributed by atoms with van der Waals surface area (Å²) in [5.41, 5.74) is 1.82. The second-order valence-corrected chi connectivity index (χ2v) is 20.1. The third-order valence-electron chi connectivity index (χ3n) is 11.2. The molecule has 4 heterocycles. The average molecular weight is 815 g/mol. The zero-order chi connectivity index (χ0) is 39.6. The highest BCUT2D eigenvalue weighted by Crippen LogP contribution is 2.70. The maximum atomic E-state index is 14.6. The molecule has 4 atom stereocenters. The number of methoxy groups -OCH3 is 2. The topological polar surface area (TPSA) is 151 Å². The Morgan fingerprint density at radius 3 is 2.25 bits per heavy atom. The van der Waals surface area contributed by atoms with E-state index in [0.717, 1.165) is 53.9 Å². The number of benzene rings is 3. The smallest absolute Gasteiger partial charge is 0.327 e. The molecule has 3 aliphatic rings. The summed E-state index contributed by atoms with van der Waals surface area (Å²) in [4.78, 5) is 25.2. The maximum Gasteiger partial charge on any atom is 0.327 e. The van der Waals surface area contributed by atoms with Gasteiger partial charge < -0.3 is 28.8 Å². The van der Waals surface area contributed by atoms with Crippen LogP contribution in [0.15, 0.2) is 90.0 Å². The van der Waals surface area contributed by atoms with E-state index in [-0.39, 0.29) is 22.4 Å². The van der Waals surface area contributed by atoms with Gasteiger partial charge in [0.05, 0.1) is 44.6 Å². The van der Waals surface area contributed by atoms with Gasteiger partial charge in [-0.25, -0.2) is 10.1 Å². The van der Waals surface area contributed by atoms with E-state index in [0.29, 0.717) is 37.1 Å². The van der Waals surface area contributed by atoms with Gasteiger partial charge in [-0.1, -0.05) is 87.7 Å². The summed E-state index contributed by atoms with van der Waals surface area (Å²) in [6.45, 7) is 2.01. The van der Waals surface area contributed by atoms with Gasteiger partial charge in [0.25, 0.3) is 5.56 Å². The van der Waals surface area contributed by atoms with Crippen molar-refractivity contribution in [2.75, 3.05) is 39.3 Å². The molecule has 1 saturated carbocycles. The predicted octanol–water partition coefficient (Wildman–Crippen LogP) is 8.03. The van der Waals surface area contributed by atoms with Gasteiger partial charge in [-0.15, -0.1) is 0 Å². The van der Waals surface area contributed by atoms with Crippen LogP contribution in [0.25, 0.3) is 11.2 Å². The van der Waals surface area contributed by atoms with E-state index >= 15 is 0 Å². The number of hydrogen-bond donors (Lipinski definition) is 3. The summed E-state index contributed by atoms with van der Waals surface area (Å²) >= 11 is 1.48. The van der Waals surface area contributed by atoms with Crippen LogP contribution in [0.3, 0.4) is 0 Å². The number of aromatic nitrogens is 4. The fourth-order valence-corrected chi connectivity index (χ4v) is 13.8. The molecule has 2 saturated heterocycles. The van der Waals surface area contributed by atoms with Gasteiger partial charge in [-0.2, -0.15) is 4.98 Å². The minimum absolute atomic E-state index is 0.0960. The fraction of sp³-hybridized carbons (Fsp3) is 0.452. The van der Waals surface area contributed by atoms with Crippen molar-refractivity contribution in [3.8, 4) is 11.5 Å². The van der Waals surface area contributed by atoms with Crippen LogP contribution in [0.4, 0.5) is 5.95 Å². The molecule has 3 N–H and O–H groups in total. The summed E-state index contributed by atoms with van der Waals surface area (Å²) in [5.74, 6) is 2.14. The van der Waals surface area contributed by atoms with Crippen molar-refractivity contribution in [3.05, 3.63) is 112 Å². The molecule has 1 unspecified atom stereocenters. The van der Waals surface area contributed by atoms with Crippen molar-refractivity contribution >= 4 is 35.2 Å². The van der Waals surface area contributed by atoms with Crippen molar-refractivity contribution in [2.24, 2.45) is 5.92 Å². The van der Waals surface area contributed by atoms with Gasteiger partial charge in [0, 0.05) is 19.0 Å². The minimum atomic E-state index is -3.33. The average Bonchev–Trinajstić information content (AvgIpc) is 3.93. The van der Waals surface area contributed by atoms with Crippen molar-refractivity contribution in [1.82, 2.24) is 24.6 Å². The van der Waals surface area contributed by atoms with E-state index in [9.17, 15) is 9.36 Å². The zero-order valence-corrected chi connectivity index (χ0v) is 34.5. The van der Waals surface area contributed by atoms with E-state index in [1.807, 2.05) is 66.7 Å². The standard InChI is InChI=1S/C42H51N6O7PS/c1-28(2)24-43-40-45-38-37(39(49)46-40)44-27-48(38)36-23-34(47-56(50)54-26-41(57-56)21-9-6-10-22-41)35(55-36)25-53-42(29-11-7-5-8-12-29,30-13-17-32(51-3)18-14-30)31-15-19-33(52-4)20-16-31/h5,7-8,11-20,27-28,34-36H,6,9-10,21-26H2,1-4H3,(H,47,50)(H2,43,45,46,49)/t34-,35+,36+,56?/m0/s1.